The van der Waals surface area contributed by atoms with E-state index in [1.54, 1.807) is 0 Å². The van der Waals surface area contributed by atoms with Crippen molar-refractivity contribution in [3.05, 3.63) is 29.3 Å². The molecule has 2 N–H and O–H groups in total. The van der Waals surface area contributed by atoms with Crippen molar-refractivity contribution in [2.45, 2.75) is 33.2 Å². The molecule has 0 saturated heterocycles. The molecule has 0 heterocycles. The van der Waals surface area contributed by atoms with Crippen LogP contribution >= 0.6 is 0 Å². The normalized spacial score (nSPS) is 11.7. The van der Waals surface area contributed by atoms with Gasteiger partial charge in [-0.05, 0) is 31.9 Å². The number of hydrogen-bond acceptors (Lipinski definition) is 3. The molecule has 1 aromatic rings. The van der Waals surface area contributed by atoms with Crippen molar-refractivity contribution in [2.75, 3.05) is 6.61 Å². The van der Waals surface area contributed by atoms with E-state index in [1.165, 1.54) is 6.92 Å². The minimum absolute atomic E-state index is 0.130. The summed E-state index contributed by atoms with van der Waals surface area (Å²) in [4.78, 5) is 22.0. The van der Waals surface area contributed by atoms with E-state index in [0.29, 0.717) is 0 Å². The lowest BCUT2D eigenvalue weighted by molar-refractivity contribution is -0.141. The molecule has 19 heavy (non-hydrogen) atoms. The number of carbonyl (C=O) groups excluding carboxylic acids is 1. The van der Waals surface area contributed by atoms with Crippen LogP contribution in [-0.2, 0) is 9.59 Å². The van der Waals surface area contributed by atoms with Crippen LogP contribution in [0.15, 0.2) is 18.2 Å². The van der Waals surface area contributed by atoms with Crippen molar-refractivity contribution < 1.29 is 19.4 Å². The molecule has 0 aliphatic heterocycles. The molecule has 0 aromatic heterocycles. The average Bonchev–Trinajstić information content (AvgIpc) is 2.32. The Labute approximate surface area is 112 Å². The quantitative estimate of drug-likeness (QED) is 0.820. The molecule has 1 rings (SSSR count). The van der Waals surface area contributed by atoms with Crippen LogP contribution in [0.1, 0.15) is 24.5 Å². The highest BCUT2D eigenvalue weighted by Crippen LogP contribution is 2.22. The van der Waals surface area contributed by atoms with Gasteiger partial charge in [0.2, 0.25) is 5.91 Å². The van der Waals surface area contributed by atoms with Crippen LogP contribution in [0, 0.1) is 13.8 Å². The van der Waals surface area contributed by atoms with Gasteiger partial charge in [-0.15, -0.1) is 0 Å². The van der Waals surface area contributed by atoms with Gasteiger partial charge < -0.3 is 15.2 Å². The third-order valence-electron chi connectivity index (χ3n) is 2.73. The van der Waals surface area contributed by atoms with E-state index in [0.717, 1.165) is 16.9 Å². The van der Waals surface area contributed by atoms with Crippen molar-refractivity contribution in [2.24, 2.45) is 0 Å². The first kappa shape index (κ1) is 15.0. The summed E-state index contributed by atoms with van der Waals surface area (Å²) in [6.45, 7) is 5.53. The maximum absolute atomic E-state index is 11.5. The molecule has 0 spiro atoms. The molecule has 1 atom stereocenters. The first-order valence-corrected chi connectivity index (χ1v) is 6.13. The molecule has 0 aliphatic carbocycles. The van der Waals surface area contributed by atoms with E-state index in [2.05, 4.69) is 5.32 Å². The second kappa shape index (κ2) is 6.78. The Morgan fingerprint density at radius 1 is 1.32 bits per heavy atom. The zero-order valence-electron chi connectivity index (χ0n) is 11.4. The summed E-state index contributed by atoms with van der Waals surface area (Å²) in [5.74, 6) is -0.605. The molecule has 0 aliphatic rings. The molecule has 0 saturated carbocycles. The number of amides is 1. The first-order chi connectivity index (χ1) is 8.91. The number of aryl methyl sites for hydroxylation is 2. The summed E-state index contributed by atoms with van der Waals surface area (Å²) < 4.78 is 5.57. The fourth-order valence-corrected chi connectivity index (χ4v) is 1.65. The van der Waals surface area contributed by atoms with Crippen LogP contribution in [0.3, 0.4) is 0 Å². The zero-order chi connectivity index (χ0) is 14.4. The molecular formula is C14H19NO4. The van der Waals surface area contributed by atoms with Gasteiger partial charge >= 0.3 is 5.97 Å². The minimum Gasteiger partial charge on any atom is -0.493 e. The Balaban J connectivity index is 2.42. The van der Waals surface area contributed by atoms with E-state index >= 15 is 0 Å². The first-order valence-electron chi connectivity index (χ1n) is 6.13. The summed E-state index contributed by atoms with van der Waals surface area (Å²) >= 11 is 0. The molecule has 0 radical (unpaired) electrons. The Morgan fingerprint density at radius 2 is 1.89 bits per heavy atom. The lowest BCUT2D eigenvalue weighted by Crippen LogP contribution is -2.38. The molecule has 1 amide bonds. The second-order valence-corrected chi connectivity index (χ2v) is 4.45. The zero-order valence-corrected chi connectivity index (χ0v) is 11.4. The van der Waals surface area contributed by atoms with Crippen LogP contribution in [0.5, 0.6) is 5.75 Å². The highest BCUT2D eigenvalue weighted by Gasteiger charge is 2.13. The maximum atomic E-state index is 11.5. The van der Waals surface area contributed by atoms with Crippen LogP contribution in [0.25, 0.3) is 0 Å². The number of nitrogens with one attached hydrogen (secondary N) is 1. The van der Waals surface area contributed by atoms with Gasteiger partial charge in [-0.3, -0.25) is 9.59 Å². The van der Waals surface area contributed by atoms with E-state index in [4.69, 9.17) is 9.84 Å². The summed E-state index contributed by atoms with van der Waals surface area (Å²) in [5.41, 5.74) is 2.03. The van der Waals surface area contributed by atoms with Gasteiger partial charge in [0, 0.05) is 0 Å². The number of hydrogen-bond donors (Lipinski definition) is 2. The summed E-state index contributed by atoms with van der Waals surface area (Å²) in [5, 5.41) is 11.0. The van der Waals surface area contributed by atoms with Gasteiger partial charge in [0.25, 0.3) is 0 Å². The molecule has 5 heteroatoms. The van der Waals surface area contributed by atoms with Crippen LogP contribution < -0.4 is 10.1 Å². The number of aliphatic carboxylic acids is 1. The third-order valence-corrected chi connectivity index (χ3v) is 2.73. The largest absolute Gasteiger partial charge is 0.493 e. The Bertz CT molecular complexity index is 450. The maximum Gasteiger partial charge on any atom is 0.325 e. The smallest absolute Gasteiger partial charge is 0.325 e. The van der Waals surface area contributed by atoms with Crippen LogP contribution in [-0.4, -0.2) is 29.6 Å². The lowest BCUT2D eigenvalue weighted by atomic mass is 10.1. The predicted octanol–water partition coefficient (Wildman–Crippen LogP) is 1.66. The van der Waals surface area contributed by atoms with Gasteiger partial charge in [0.1, 0.15) is 11.8 Å². The standard InChI is InChI=1S/C14H19NO4/c1-9-5-4-6-10(2)13(9)19-8-7-12(16)15-11(3)14(17)18/h4-6,11H,7-8H2,1-3H3,(H,15,16)(H,17,18)/t11-/m1/s1. The van der Waals surface area contributed by atoms with E-state index in [9.17, 15) is 9.59 Å². The second-order valence-electron chi connectivity index (χ2n) is 4.45. The molecule has 1 aromatic carbocycles. The lowest BCUT2D eigenvalue weighted by Gasteiger charge is -2.12. The SMILES string of the molecule is Cc1cccc(C)c1OCCC(=O)N[C@H](C)C(=O)O. The highest BCUT2D eigenvalue weighted by atomic mass is 16.5. The fraction of sp³-hybridized carbons (Fsp3) is 0.429. The summed E-state index contributed by atoms with van der Waals surface area (Å²) in [7, 11) is 0. The van der Waals surface area contributed by atoms with Crippen molar-refractivity contribution in [3.63, 3.8) is 0 Å². The van der Waals surface area contributed by atoms with Crippen molar-refractivity contribution in [1.82, 2.24) is 5.32 Å². The molecule has 0 fully saturated rings. The molecule has 5 nitrogen and oxygen atoms in total. The van der Waals surface area contributed by atoms with E-state index in [-0.39, 0.29) is 18.9 Å². The van der Waals surface area contributed by atoms with Gasteiger partial charge in [-0.1, -0.05) is 18.2 Å². The molecule has 0 bridgehead atoms. The van der Waals surface area contributed by atoms with Gasteiger partial charge in [0.15, 0.2) is 0 Å². The number of benzene rings is 1. The average molecular weight is 265 g/mol. The minimum atomic E-state index is -1.05. The molecular weight excluding hydrogens is 246 g/mol. The number of rotatable bonds is 6. The Morgan fingerprint density at radius 3 is 2.42 bits per heavy atom. The highest BCUT2D eigenvalue weighted by molar-refractivity contribution is 5.83. The number of carbonyl (C=O) groups is 2. The summed E-state index contributed by atoms with van der Waals surface area (Å²) in [6, 6.07) is 4.94. The van der Waals surface area contributed by atoms with Crippen molar-refractivity contribution in [3.8, 4) is 5.75 Å². The van der Waals surface area contributed by atoms with Crippen molar-refractivity contribution >= 4 is 11.9 Å². The van der Waals surface area contributed by atoms with Gasteiger partial charge in [0.05, 0.1) is 13.0 Å². The molecule has 104 valence electrons. The Kier molecular flexibility index (Phi) is 5.36. The van der Waals surface area contributed by atoms with Gasteiger partial charge in [-0.25, -0.2) is 0 Å². The Hall–Kier alpha value is -2.04. The van der Waals surface area contributed by atoms with Gasteiger partial charge in [-0.2, -0.15) is 0 Å². The fourth-order valence-electron chi connectivity index (χ4n) is 1.65. The monoisotopic (exact) mass is 265 g/mol. The summed E-state index contributed by atoms with van der Waals surface area (Å²) in [6.07, 6.45) is 0.130. The number of ether oxygens (including phenoxy) is 1. The number of carboxylic acids is 1. The third kappa shape index (κ3) is 4.62. The van der Waals surface area contributed by atoms with E-state index < -0.39 is 12.0 Å². The van der Waals surface area contributed by atoms with Crippen molar-refractivity contribution in [1.29, 1.82) is 0 Å². The van der Waals surface area contributed by atoms with Crippen LogP contribution in [0.4, 0.5) is 0 Å². The van der Waals surface area contributed by atoms with E-state index in [1.807, 2.05) is 32.0 Å². The predicted molar refractivity (Wildman–Crippen MR) is 71.3 cm³/mol. The molecule has 0 unspecified atom stereocenters. The topological polar surface area (TPSA) is 75.6 Å². The number of para-hydroxylation sites is 1. The van der Waals surface area contributed by atoms with Crippen LogP contribution in [0.2, 0.25) is 0 Å². The number of carboxylic acid groups (broad SMARTS) is 1.